The molecular weight excluding hydrogens is 486 g/mol. The molecule has 35 heavy (non-hydrogen) atoms. The van der Waals surface area contributed by atoms with Crippen molar-refractivity contribution >= 4 is 44.8 Å². The second-order valence-corrected chi connectivity index (χ2v) is 11.3. The number of fused-ring (bicyclic) bond motifs is 1. The van der Waals surface area contributed by atoms with Gasteiger partial charge in [0.1, 0.15) is 5.82 Å². The number of amides is 1. The van der Waals surface area contributed by atoms with Gasteiger partial charge in [0.15, 0.2) is 0 Å². The van der Waals surface area contributed by atoms with Gasteiger partial charge in [0, 0.05) is 30.9 Å². The van der Waals surface area contributed by atoms with E-state index in [1.165, 1.54) is 4.68 Å². The van der Waals surface area contributed by atoms with Crippen LogP contribution in [-0.2, 0) is 16.4 Å². The monoisotopic (exact) mass is 513 g/mol. The maximum Gasteiger partial charge on any atom is 0.348 e. The second kappa shape index (κ2) is 9.29. The lowest BCUT2D eigenvalue weighted by Crippen LogP contribution is -2.36. The Kier molecular flexibility index (Phi) is 6.33. The number of benzene rings is 2. The number of carbonyl (C=O) groups is 1. The van der Waals surface area contributed by atoms with Gasteiger partial charge < -0.3 is 10.2 Å². The summed E-state index contributed by atoms with van der Waals surface area (Å²) < 4.78 is 29.9. The summed E-state index contributed by atoms with van der Waals surface area (Å²) in [4.78, 5) is 15.5. The van der Waals surface area contributed by atoms with Crippen LogP contribution in [0.5, 0.6) is 0 Å². The molecule has 3 aromatic rings. The molecule has 184 valence electrons. The van der Waals surface area contributed by atoms with Crippen molar-refractivity contribution in [1.29, 1.82) is 0 Å². The summed E-state index contributed by atoms with van der Waals surface area (Å²) in [6.45, 7) is 5.53. The average molecular weight is 514 g/mol. The van der Waals surface area contributed by atoms with Crippen molar-refractivity contribution in [3.63, 3.8) is 0 Å². The molecule has 2 aliphatic heterocycles. The Balaban J connectivity index is 1.53. The van der Waals surface area contributed by atoms with E-state index in [1.807, 2.05) is 24.8 Å². The van der Waals surface area contributed by atoms with Crippen LogP contribution in [0, 0.1) is 13.8 Å². The third-order valence-electron chi connectivity index (χ3n) is 6.77. The van der Waals surface area contributed by atoms with E-state index in [-0.39, 0.29) is 0 Å². The predicted octanol–water partition coefficient (Wildman–Crippen LogP) is 5.10. The lowest BCUT2D eigenvalue weighted by Gasteiger charge is -2.29. The molecule has 0 bridgehead atoms. The fourth-order valence-electron chi connectivity index (χ4n) is 5.03. The number of nitrogens with zero attached hydrogens (tertiary/aromatic N) is 4. The lowest BCUT2D eigenvalue weighted by molar-refractivity contribution is 0.251. The topological polar surface area (TPSA) is 87.5 Å². The maximum absolute atomic E-state index is 13.5. The van der Waals surface area contributed by atoms with E-state index in [1.54, 1.807) is 40.8 Å². The highest BCUT2D eigenvalue weighted by molar-refractivity contribution is 7.89. The number of halogens is 1. The molecule has 3 heterocycles. The largest absolute Gasteiger partial charge is 0.348 e. The van der Waals surface area contributed by atoms with Crippen molar-refractivity contribution in [2.45, 2.75) is 44.4 Å². The van der Waals surface area contributed by atoms with Crippen molar-refractivity contribution in [2.24, 2.45) is 0 Å². The molecule has 1 N–H and O–H groups in total. The smallest absolute Gasteiger partial charge is 0.325 e. The molecule has 0 aliphatic carbocycles. The first-order valence-electron chi connectivity index (χ1n) is 11.8. The first kappa shape index (κ1) is 23.8. The highest BCUT2D eigenvalue weighted by Crippen LogP contribution is 2.40. The van der Waals surface area contributed by atoms with Gasteiger partial charge in [-0.05, 0) is 62.4 Å². The number of piperidine rings is 1. The Labute approximate surface area is 210 Å². The quantitative estimate of drug-likeness (QED) is 0.524. The zero-order valence-electron chi connectivity index (χ0n) is 19.8. The van der Waals surface area contributed by atoms with Crippen molar-refractivity contribution in [1.82, 2.24) is 14.1 Å². The summed E-state index contributed by atoms with van der Waals surface area (Å²) in [5, 5.41) is 7.59. The number of aromatic nitrogens is 2. The van der Waals surface area contributed by atoms with Gasteiger partial charge in [-0.25, -0.2) is 13.2 Å². The SMILES string of the molecule is Cc1ccc(S(=O)(=O)N2CCCCC2)c(C)c1N1CCc2cnn(C(=O)Nc3ccccc3Cl)c21. The molecule has 0 spiro atoms. The normalized spacial score (nSPS) is 16.4. The predicted molar refractivity (Wildman–Crippen MR) is 137 cm³/mol. The molecule has 1 aromatic heterocycles. The summed E-state index contributed by atoms with van der Waals surface area (Å²) in [6, 6.07) is 10.1. The van der Waals surface area contributed by atoms with E-state index in [4.69, 9.17) is 11.6 Å². The molecule has 8 nitrogen and oxygen atoms in total. The van der Waals surface area contributed by atoms with Crippen molar-refractivity contribution in [3.05, 3.63) is 64.3 Å². The Morgan fingerprint density at radius 1 is 1.03 bits per heavy atom. The molecule has 1 saturated heterocycles. The molecule has 2 aliphatic rings. The van der Waals surface area contributed by atoms with Gasteiger partial charge in [-0.2, -0.15) is 14.1 Å². The zero-order valence-corrected chi connectivity index (χ0v) is 21.4. The molecule has 0 atom stereocenters. The van der Waals surface area contributed by atoms with Gasteiger partial charge in [-0.15, -0.1) is 0 Å². The van der Waals surface area contributed by atoms with Gasteiger partial charge in [0.05, 0.1) is 21.8 Å². The first-order valence-corrected chi connectivity index (χ1v) is 13.6. The average Bonchev–Trinajstić information content (AvgIpc) is 3.44. The molecule has 10 heteroatoms. The summed E-state index contributed by atoms with van der Waals surface area (Å²) in [6.07, 6.45) is 5.22. The van der Waals surface area contributed by atoms with E-state index in [0.29, 0.717) is 53.0 Å². The molecule has 2 aromatic carbocycles. The van der Waals surface area contributed by atoms with Crippen LogP contribution in [0.2, 0.25) is 5.02 Å². The van der Waals surface area contributed by atoms with Crippen molar-refractivity contribution in [2.75, 3.05) is 29.9 Å². The van der Waals surface area contributed by atoms with Crippen LogP contribution in [0.15, 0.2) is 47.5 Å². The highest BCUT2D eigenvalue weighted by Gasteiger charge is 2.33. The van der Waals surface area contributed by atoms with E-state index in [0.717, 1.165) is 36.1 Å². The molecule has 0 saturated carbocycles. The first-order chi connectivity index (χ1) is 16.8. The van der Waals surface area contributed by atoms with E-state index in [2.05, 4.69) is 10.4 Å². The number of carbonyl (C=O) groups excluding carboxylic acids is 1. The van der Waals surface area contributed by atoms with Crippen LogP contribution in [0.25, 0.3) is 0 Å². The highest BCUT2D eigenvalue weighted by atomic mass is 35.5. The standard InChI is InChI=1S/C25H28ClN5O3S/c1-17-10-11-22(35(33,34)29-13-6-3-7-14-29)18(2)23(17)30-15-12-19-16-27-31(24(19)30)25(32)28-21-9-5-4-8-20(21)26/h4-5,8-11,16H,3,6-7,12-15H2,1-2H3,(H,28,32). The fraction of sp³-hybridized carbons (Fsp3) is 0.360. The summed E-state index contributed by atoms with van der Waals surface area (Å²) >= 11 is 6.22. The summed E-state index contributed by atoms with van der Waals surface area (Å²) in [5.41, 5.74) is 3.85. The zero-order chi connectivity index (χ0) is 24.7. The Bertz CT molecular complexity index is 1400. The van der Waals surface area contributed by atoms with Crippen LogP contribution in [-0.4, -0.2) is 48.2 Å². The minimum atomic E-state index is -3.61. The van der Waals surface area contributed by atoms with Gasteiger partial charge in [0.25, 0.3) is 0 Å². The van der Waals surface area contributed by atoms with Crippen LogP contribution < -0.4 is 10.2 Å². The van der Waals surface area contributed by atoms with Crippen LogP contribution in [0.1, 0.15) is 36.0 Å². The number of aryl methyl sites for hydroxylation is 1. The van der Waals surface area contributed by atoms with Crippen molar-refractivity contribution in [3.8, 4) is 0 Å². The van der Waals surface area contributed by atoms with Crippen LogP contribution in [0.4, 0.5) is 22.0 Å². The Morgan fingerprint density at radius 2 is 1.77 bits per heavy atom. The number of nitrogens with one attached hydrogen (secondary N) is 1. The van der Waals surface area contributed by atoms with Gasteiger partial charge >= 0.3 is 6.03 Å². The van der Waals surface area contributed by atoms with E-state index < -0.39 is 16.1 Å². The number of para-hydroxylation sites is 1. The molecular formula is C25H28ClN5O3S. The number of sulfonamides is 1. The van der Waals surface area contributed by atoms with Crippen LogP contribution >= 0.6 is 11.6 Å². The maximum atomic E-state index is 13.5. The number of hydrogen-bond donors (Lipinski definition) is 1. The van der Waals surface area contributed by atoms with Crippen LogP contribution in [0.3, 0.4) is 0 Å². The number of anilines is 3. The van der Waals surface area contributed by atoms with E-state index in [9.17, 15) is 13.2 Å². The van der Waals surface area contributed by atoms with Gasteiger partial charge in [-0.1, -0.05) is 36.2 Å². The molecule has 0 unspecified atom stereocenters. The summed E-state index contributed by atoms with van der Waals surface area (Å²) in [5.74, 6) is 0.647. The van der Waals surface area contributed by atoms with E-state index >= 15 is 0 Å². The summed E-state index contributed by atoms with van der Waals surface area (Å²) in [7, 11) is -3.61. The Morgan fingerprint density at radius 3 is 2.51 bits per heavy atom. The molecule has 5 rings (SSSR count). The minimum absolute atomic E-state index is 0.319. The second-order valence-electron chi connectivity index (χ2n) is 9.04. The van der Waals surface area contributed by atoms with Gasteiger partial charge in [-0.3, -0.25) is 0 Å². The Hall–Kier alpha value is -2.88. The minimum Gasteiger partial charge on any atom is -0.325 e. The fourth-order valence-corrected chi connectivity index (χ4v) is 6.95. The third-order valence-corrected chi connectivity index (χ3v) is 9.14. The number of rotatable bonds is 4. The number of hydrogen-bond acceptors (Lipinski definition) is 5. The van der Waals surface area contributed by atoms with Gasteiger partial charge in [0.2, 0.25) is 10.0 Å². The third kappa shape index (κ3) is 4.22. The lowest BCUT2D eigenvalue weighted by atomic mass is 10.1. The van der Waals surface area contributed by atoms with Crippen molar-refractivity contribution < 1.29 is 13.2 Å². The molecule has 1 amide bonds. The molecule has 1 fully saturated rings. The molecule has 0 radical (unpaired) electrons.